The maximum atomic E-state index is 12.8. The van der Waals surface area contributed by atoms with Crippen LogP contribution < -0.4 is 9.78 Å². The molecule has 0 fully saturated rings. The number of esters is 1. The molecule has 1 aromatic carbocycles. The molecule has 5 nitrogen and oxygen atoms in total. The van der Waals surface area contributed by atoms with Crippen molar-refractivity contribution in [2.45, 2.75) is 23.5 Å². The summed E-state index contributed by atoms with van der Waals surface area (Å²) >= 11 is 2.70. The van der Waals surface area contributed by atoms with Gasteiger partial charge in [0.15, 0.2) is 0 Å². The summed E-state index contributed by atoms with van der Waals surface area (Å²) in [5.74, 6) is -3.91. The summed E-state index contributed by atoms with van der Waals surface area (Å²) in [5.41, 5.74) is -2.19. The van der Waals surface area contributed by atoms with Crippen LogP contribution in [0.1, 0.15) is 6.92 Å². The predicted octanol–water partition coefficient (Wildman–Crippen LogP) is 1.53. The minimum atomic E-state index is -5.21. The molecule has 3 atom stereocenters. The van der Waals surface area contributed by atoms with Crippen LogP contribution in [0, 0.1) is 0 Å². The molecular formula is C14H15ClF3NO4Se. The van der Waals surface area contributed by atoms with Gasteiger partial charge in [-0.1, -0.05) is 0 Å². The molecular weight excluding hydrogens is 418 g/mol. The van der Waals surface area contributed by atoms with Gasteiger partial charge < -0.3 is 0 Å². The predicted molar refractivity (Wildman–Crippen MR) is 81.6 cm³/mol. The van der Waals surface area contributed by atoms with Gasteiger partial charge in [-0.05, 0) is 0 Å². The van der Waals surface area contributed by atoms with Crippen LogP contribution in [0.25, 0.3) is 0 Å². The Bertz CT molecular complexity index is 626. The first kappa shape index (κ1) is 20.6. The van der Waals surface area contributed by atoms with Crippen molar-refractivity contribution in [2.24, 2.45) is 0 Å². The number of benzene rings is 1. The van der Waals surface area contributed by atoms with Gasteiger partial charge >= 0.3 is 145 Å². The Labute approximate surface area is 145 Å². The van der Waals surface area contributed by atoms with Crippen molar-refractivity contribution in [3.63, 3.8) is 0 Å². The average Bonchev–Trinajstić information content (AvgIpc) is 2.54. The number of carbonyl (C=O) groups excluding carboxylic acids is 2. The van der Waals surface area contributed by atoms with Crippen molar-refractivity contribution in [2.75, 3.05) is 13.0 Å². The van der Waals surface area contributed by atoms with E-state index in [1.807, 2.05) is 0 Å². The summed E-state index contributed by atoms with van der Waals surface area (Å²) in [5, 5.41) is 1.59. The Hall–Kier alpha value is -1.44. The molecule has 1 N–H and O–H groups in total. The van der Waals surface area contributed by atoms with E-state index in [2.05, 4.69) is 4.74 Å². The van der Waals surface area contributed by atoms with E-state index in [4.69, 9.17) is 11.6 Å². The first-order valence-electron chi connectivity index (χ1n) is 6.57. The fourth-order valence-corrected chi connectivity index (χ4v) is 5.88. The molecule has 0 saturated heterocycles. The van der Waals surface area contributed by atoms with Gasteiger partial charge in [-0.15, -0.1) is 0 Å². The third-order valence-corrected chi connectivity index (χ3v) is 7.95. The molecule has 3 unspecified atom stereocenters. The van der Waals surface area contributed by atoms with Gasteiger partial charge in [0.05, 0.1) is 0 Å². The molecule has 0 aromatic heterocycles. The Morgan fingerprint density at radius 3 is 2.25 bits per heavy atom. The number of carbonyl (C=O) groups is 2. The molecule has 0 saturated carbocycles. The summed E-state index contributed by atoms with van der Waals surface area (Å²) in [4.78, 5) is 22.1. The first-order chi connectivity index (χ1) is 11.1. The fourth-order valence-electron chi connectivity index (χ4n) is 1.93. The van der Waals surface area contributed by atoms with E-state index in [1.165, 1.54) is 12.1 Å². The number of ether oxygens (including phenoxy) is 1. The van der Waals surface area contributed by atoms with Crippen molar-refractivity contribution in [3.8, 4) is 0 Å². The van der Waals surface area contributed by atoms with E-state index < -0.39 is 48.1 Å². The maximum absolute atomic E-state index is 12.8. The van der Waals surface area contributed by atoms with E-state index in [0.29, 0.717) is 4.46 Å². The van der Waals surface area contributed by atoms with Gasteiger partial charge in [-0.3, -0.25) is 0 Å². The van der Waals surface area contributed by atoms with E-state index in [1.54, 1.807) is 23.5 Å². The van der Waals surface area contributed by atoms with Crippen molar-refractivity contribution < 1.29 is 31.3 Å². The molecule has 0 aliphatic heterocycles. The average molecular weight is 433 g/mol. The monoisotopic (exact) mass is 433 g/mol. The van der Waals surface area contributed by atoms with Gasteiger partial charge in [0.1, 0.15) is 0 Å². The zero-order chi connectivity index (χ0) is 18.5. The third kappa shape index (κ3) is 4.55. The molecule has 0 aliphatic carbocycles. The Morgan fingerprint density at radius 2 is 1.83 bits per heavy atom. The molecule has 0 aliphatic rings. The molecule has 0 heterocycles. The van der Waals surface area contributed by atoms with E-state index >= 15 is 0 Å². The van der Waals surface area contributed by atoms with Crippen molar-refractivity contribution in [1.29, 1.82) is 0 Å². The van der Waals surface area contributed by atoms with E-state index in [9.17, 15) is 26.6 Å². The van der Waals surface area contributed by atoms with Gasteiger partial charge in [-0.2, -0.15) is 0 Å². The Kier molecular flexibility index (Phi) is 6.95. The molecule has 1 amide bonds. The zero-order valence-electron chi connectivity index (χ0n) is 12.7. The van der Waals surface area contributed by atoms with Crippen LogP contribution in [0.4, 0.5) is 13.2 Å². The van der Waals surface area contributed by atoms with Crippen LogP contribution >= 0.6 is 11.6 Å². The Morgan fingerprint density at radius 1 is 1.29 bits per heavy atom. The molecule has 0 radical (unpaired) electrons. The van der Waals surface area contributed by atoms with E-state index in [0.717, 1.165) is 14.0 Å². The quantitative estimate of drug-likeness (QED) is 0.420. The van der Waals surface area contributed by atoms with Gasteiger partial charge in [0.25, 0.3) is 0 Å². The molecule has 24 heavy (non-hydrogen) atoms. The fraction of sp³-hybridized carbons (Fsp3) is 0.429. The van der Waals surface area contributed by atoms with Crippen molar-refractivity contribution in [3.05, 3.63) is 30.3 Å². The molecule has 1 aromatic rings. The number of nitrogens with one attached hydrogen (secondary N) is 1. The second kappa shape index (κ2) is 8.09. The van der Waals surface area contributed by atoms with Gasteiger partial charge in [-0.25, -0.2) is 0 Å². The van der Waals surface area contributed by atoms with Crippen molar-refractivity contribution in [1.82, 2.24) is 5.32 Å². The minimum absolute atomic E-state index is 0.347. The summed E-state index contributed by atoms with van der Waals surface area (Å²) < 4.78 is 55.3. The molecule has 1 rings (SSSR count). The van der Waals surface area contributed by atoms with Crippen LogP contribution in [-0.4, -0.2) is 50.4 Å². The second-order valence-corrected chi connectivity index (χ2v) is 8.64. The normalized spacial score (nSPS) is 16.6. The van der Waals surface area contributed by atoms with Gasteiger partial charge in [0, 0.05) is 0 Å². The van der Waals surface area contributed by atoms with Crippen LogP contribution in [0.2, 0.25) is 4.82 Å². The van der Waals surface area contributed by atoms with Crippen LogP contribution in [0.3, 0.4) is 0 Å². The SMILES string of the molecule is COC(=O)C(C)(NC(=O)C(F)(F)F)C(CCl)[Se](=O)c1ccccc1. The van der Waals surface area contributed by atoms with Crippen molar-refractivity contribution >= 4 is 41.8 Å². The van der Waals surface area contributed by atoms with Crippen LogP contribution in [-0.2, 0) is 18.2 Å². The molecule has 0 bridgehead atoms. The van der Waals surface area contributed by atoms with E-state index in [-0.39, 0.29) is 0 Å². The van der Waals surface area contributed by atoms with Crippen LogP contribution in [0.5, 0.6) is 0 Å². The number of rotatable bonds is 6. The number of alkyl halides is 4. The van der Waals surface area contributed by atoms with Gasteiger partial charge in [0.2, 0.25) is 0 Å². The first-order valence-corrected chi connectivity index (χ1v) is 9.65. The number of halogens is 4. The zero-order valence-corrected chi connectivity index (χ0v) is 15.2. The second-order valence-electron chi connectivity index (χ2n) is 4.90. The van der Waals surface area contributed by atoms with Crippen LogP contribution in [0.15, 0.2) is 30.3 Å². The number of amides is 1. The number of methoxy groups -OCH3 is 1. The topological polar surface area (TPSA) is 72.5 Å². The summed E-state index contributed by atoms with van der Waals surface area (Å²) in [6, 6.07) is 7.89. The molecule has 10 heteroatoms. The standard InChI is InChI=1S/C14H15ClF3NO4Se/c1-13(12(21)23-2,19-11(20)14(16,17)18)10(8-15)24(22)9-6-4-3-5-7-9/h3-7,10H,8H2,1-2H3,(H,19,20). The summed E-state index contributed by atoms with van der Waals surface area (Å²) in [6.07, 6.45) is -5.21. The number of hydrogen-bond donors (Lipinski definition) is 1. The summed E-state index contributed by atoms with van der Waals surface area (Å²) in [7, 11) is 0.952. The number of hydrogen-bond acceptors (Lipinski definition) is 4. The third-order valence-electron chi connectivity index (χ3n) is 3.26. The molecule has 134 valence electrons. The summed E-state index contributed by atoms with van der Waals surface area (Å²) in [6.45, 7) is 1.02. The molecule has 0 spiro atoms. The Balaban J connectivity index is 3.28.